The highest BCUT2D eigenvalue weighted by atomic mass is 16.5. The molecule has 0 spiro atoms. The molecule has 1 aliphatic heterocycles. The molecule has 0 aromatic rings. The van der Waals surface area contributed by atoms with Crippen LogP contribution in [0.2, 0.25) is 0 Å². The van der Waals surface area contributed by atoms with E-state index in [0.717, 1.165) is 51.8 Å². The van der Waals surface area contributed by atoms with Crippen molar-refractivity contribution in [1.29, 1.82) is 0 Å². The zero-order chi connectivity index (χ0) is 17.2. The molecule has 23 heavy (non-hydrogen) atoms. The average Bonchev–Trinajstić information content (AvgIpc) is 2.84. The van der Waals surface area contributed by atoms with E-state index in [1.807, 2.05) is 0 Å². The SMILES string of the molecule is CCNC(=NCCCOCC(C)C)NC1CN(C(C)C)CC1C. The fourth-order valence-corrected chi connectivity index (χ4v) is 2.79. The summed E-state index contributed by atoms with van der Waals surface area (Å²) in [6.45, 7) is 18.9. The lowest BCUT2D eigenvalue weighted by Gasteiger charge is -2.22. The van der Waals surface area contributed by atoms with Crippen LogP contribution in [-0.2, 0) is 4.74 Å². The van der Waals surface area contributed by atoms with Gasteiger partial charge in [0, 0.05) is 51.5 Å². The van der Waals surface area contributed by atoms with Crippen molar-refractivity contribution < 1.29 is 4.74 Å². The summed E-state index contributed by atoms with van der Waals surface area (Å²) in [5.74, 6) is 2.19. The maximum Gasteiger partial charge on any atom is 0.191 e. The lowest BCUT2D eigenvalue weighted by Crippen LogP contribution is -2.46. The summed E-state index contributed by atoms with van der Waals surface area (Å²) in [5, 5.41) is 6.98. The number of ether oxygens (including phenoxy) is 1. The summed E-state index contributed by atoms with van der Waals surface area (Å²) in [4.78, 5) is 7.23. The maximum absolute atomic E-state index is 5.61. The van der Waals surface area contributed by atoms with E-state index >= 15 is 0 Å². The molecule has 0 bridgehead atoms. The van der Waals surface area contributed by atoms with Crippen LogP contribution in [-0.4, -0.2) is 62.3 Å². The van der Waals surface area contributed by atoms with Gasteiger partial charge < -0.3 is 15.4 Å². The minimum Gasteiger partial charge on any atom is -0.381 e. The Kier molecular flexibility index (Phi) is 9.56. The lowest BCUT2D eigenvalue weighted by atomic mass is 10.1. The number of nitrogens with zero attached hydrogens (tertiary/aromatic N) is 2. The van der Waals surface area contributed by atoms with E-state index in [9.17, 15) is 0 Å². The zero-order valence-electron chi connectivity index (χ0n) is 16.1. The predicted molar refractivity (Wildman–Crippen MR) is 99.0 cm³/mol. The van der Waals surface area contributed by atoms with Crippen molar-refractivity contribution in [3.63, 3.8) is 0 Å². The third-order valence-corrected chi connectivity index (χ3v) is 4.21. The molecule has 0 aliphatic carbocycles. The Balaban J connectivity index is 2.37. The second-order valence-electron chi connectivity index (χ2n) is 7.36. The Morgan fingerprint density at radius 3 is 2.57 bits per heavy atom. The van der Waals surface area contributed by atoms with Crippen LogP contribution in [0.4, 0.5) is 0 Å². The van der Waals surface area contributed by atoms with Gasteiger partial charge in [-0.3, -0.25) is 9.89 Å². The Hall–Kier alpha value is -0.810. The van der Waals surface area contributed by atoms with Crippen LogP contribution in [0.25, 0.3) is 0 Å². The molecule has 2 N–H and O–H groups in total. The number of nitrogens with one attached hydrogen (secondary N) is 2. The molecular weight excluding hydrogens is 288 g/mol. The topological polar surface area (TPSA) is 48.9 Å². The number of guanidine groups is 1. The second kappa shape index (κ2) is 10.9. The maximum atomic E-state index is 5.61. The first kappa shape index (κ1) is 20.2. The monoisotopic (exact) mass is 326 g/mol. The molecule has 0 radical (unpaired) electrons. The summed E-state index contributed by atoms with van der Waals surface area (Å²) < 4.78 is 5.61. The molecule has 1 heterocycles. The van der Waals surface area contributed by atoms with Gasteiger partial charge in [0.15, 0.2) is 5.96 Å². The van der Waals surface area contributed by atoms with Gasteiger partial charge in [0.1, 0.15) is 0 Å². The number of hydrogen-bond acceptors (Lipinski definition) is 3. The highest BCUT2D eigenvalue weighted by Gasteiger charge is 2.31. The van der Waals surface area contributed by atoms with Gasteiger partial charge in [-0.25, -0.2) is 0 Å². The highest BCUT2D eigenvalue weighted by Crippen LogP contribution is 2.18. The molecule has 1 aliphatic rings. The summed E-state index contributed by atoms with van der Waals surface area (Å²) in [5.41, 5.74) is 0. The fraction of sp³-hybridized carbons (Fsp3) is 0.944. The summed E-state index contributed by atoms with van der Waals surface area (Å²) >= 11 is 0. The normalized spacial score (nSPS) is 23.0. The van der Waals surface area contributed by atoms with Crippen molar-refractivity contribution in [3.8, 4) is 0 Å². The van der Waals surface area contributed by atoms with Gasteiger partial charge in [0.05, 0.1) is 0 Å². The molecule has 0 saturated carbocycles. The fourth-order valence-electron chi connectivity index (χ4n) is 2.79. The predicted octanol–water partition coefficient (Wildman–Crippen LogP) is 2.33. The Labute approximate surface area is 143 Å². The molecular formula is C18H38N4O. The van der Waals surface area contributed by atoms with Crippen LogP contribution < -0.4 is 10.6 Å². The van der Waals surface area contributed by atoms with E-state index in [0.29, 0.717) is 23.9 Å². The number of aliphatic imine (C=N–C) groups is 1. The number of hydrogen-bond donors (Lipinski definition) is 2. The summed E-state index contributed by atoms with van der Waals surface area (Å²) in [6, 6.07) is 1.09. The van der Waals surface area contributed by atoms with Crippen LogP contribution in [0.15, 0.2) is 4.99 Å². The Bertz CT molecular complexity index is 344. The first-order valence-corrected chi connectivity index (χ1v) is 9.30. The van der Waals surface area contributed by atoms with Crippen molar-refractivity contribution in [2.75, 3.05) is 39.4 Å². The third-order valence-electron chi connectivity index (χ3n) is 4.21. The van der Waals surface area contributed by atoms with Gasteiger partial charge in [-0.15, -0.1) is 0 Å². The van der Waals surface area contributed by atoms with Crippen LogP contribution in [0.1, 0.15) is 48.0 Å². The Morgan fingerprint density at radius 2 is 2.00 bits per heavy atom. The van der Waals surface area contributed by atoms with Crippen molar-refractivity contribution >= 4 is 5.96 Å². The number of likely N-dealkylation sites (tertiary alicyclic amines) is 1. The van der Waals surface area contributed by atoms with Crippen LogP contribution in [0, 0.1) is 11.8 Å². The quantitative estimate of drug-likeness (QED) is 0.388. The highest BCUT2D eigenvalue weighted by molar-refractivity contribution is 5.80. The van der Waals surface area contributed by atoms with Gasteiger partial charge in [-0.2, -0.15) is 0 Å². The molecule has 5 heteroatoms. The van der Waals surface area contributed by atoms with Gasteiger partial charge >= 0.3 is 0 Å². The van der Waals surface area contributed by atoms with Gasteiger partial charge in [0.25, 0.3) is 0 Å². The van der Waals surface area contributed by atoms with Gasteiger partial charge in [0.2, 0.25) is 0 Å². The minimum absolute atomic E-state index is 0.479. The van der Waals surface area contributed by atoms with Crippen molar-refractivity contribution in [2.24, 2.45) is 16.8 Å². The van der Waals surface area contributed by atoms with Crippen molar-refractivity contribution in [3.05, 3.63) is 0 Å². The van der Waals surface area contributed by atoms with E-state index in [-0.39, 0.29) is 0 Å². The zero-order valence-corrected chi connectivity index (χ0v) is 16.1. The molecule has 136 valence electrons. The summed E-state index contributed by atoms with van der Waals surface area (Å²) in [6.07, 6.45) is 0.974. The molecule has 1 saturated heterocycles. The van der Waals surface area contributed by atoms with E-state index in [4.69, 9.17) is 9.73 Å². The molecule has 2 atom stereocenters. The minimum atomic E-state index is 0.479. The van der Waals surface area contributed by atoms with Crippen molar-refractivity contribution in [1.82, 2.24) is 15.5 Å². The first-order chi connectivity index (χ1) is 10.9. The smallest absolute Gasteiger partial charge is 0.191 e. The van der Waals surface area contributed by atoms with Gasteiger partial charge in [-0.1, -0.05) is 20.8 Å². The summed E-state index contributed by atoms with van der Waals surface area (Å²) in [7, 11) is 0. The lowest BCUT2D eigenvalue weighted by molar-refractivity contribution is 0.109. The molecule has 0 aromatic heterocycles. The average molecular weight is 327 g/mol. The largest absolute Gasteiger partial charge is 0.381 e. The van der Waals surface area contributed by atoms with Gasteiger partial charge in [-0.05, 0) is 39.0 Å². The van der Waals surface area contributed by atoms with E-state index in [2.05, 4.69) is 57.1 Å². The van der Waals surface area contributed by atoms with E-state index in [1.165, 1.54) is 0 Å². The molecule has 1 rings (SSSR count). The second-order valence-corrected chi connectivity index (χ2v) is 7.36. The molecule has 0 aromatic carbocycles. The van der Waals surface area contributed by atoms with Crippen LogP contribution >= 0.6 is 0 Å². The van der Waals surface area contributed by atoms with E-state index < -0.39 is 0 Å². The first-order valence-electron chi connectivity index (χ1n) is 9.30. The standard InChI is InChI=1S/C18H38N4O/c1-7-19-18(20-9-8-10-23-13-14(2)3)21-17-12-22(15(4)5)11-16(17)6/h14-17H,7-13H2,1-6H3,(H2,19,20,21). The number of rotatable bonds is 9. The molecule has 1 fully saturated rings. The third kappa shape index (κ3) is 8.02. The van der Waals surface area contributed by atoms with Crippen LogP contribution in [0.3, 0.4) is 0 Å². The Morgan fingerprint density at radius 1 is 1.26 bits per heavy atom. The van der Waals surface area contributed by atoms with Crippen molar-refractivity contribution in [2.45, 2.75) is 60.0 Å². The molecule has 0 amide bonds. The van der Waals surface area contributed by atoms with E-state index in [1.54, 1.807) is 0 Å². The van der Waals surface area contributed by atoms with Crippen LogP contribution in [0.5, 0.6) is 0 Å². The molecule has 2 unspecified atom stereocenters. The molecule has 5 nitrogen and oxygen atoms in total.